The molecule has 7 heteroatoms. The van der Waals surface area contributed by atoms with Gasteiger partial charge in [0.25, 0.3) is 5.91 Å². The van der Waals surface area contributed by atoms with Gasteiger partial charge in [0.1, 0.15) is 6.54 Å². The van der Waals surface area contributed by atoms with E-state index < -0.39 is 18.1 Å². The molecule has 2 fully saturated rings. The Balaban J connectivity index is 1.59. The molecule has 3 atom stereocenters. The fourth-order valence-electron chi connectivity index (χ4n) is 4.63. The van der Waals surface area contributed by atoms with Gasteiger partial charge < -0.3 is 5.32 Å². The third-order valence-corrected chi connectivity index (χ3v) is 6.54. The van der Waals surface area contributed by atoms with Crippen LogP contribution in [0.5, 0.6) is 0 Å². The van der Waals surface area contributed by atoms with Crippen molar-refractivity contribution in [2.75, 3.05) is 6.54 Å². The van der Waals surface area contributed by atoms with Crippen LogP contribution in [0.25, 0.3) is 0 Å². The molecule has 7 nitrogen and oxygen atoms in total. The number of imide groups is 1. The Morgan fingerprint density at radius 3 is 2.30 bits per heavy atom. The van der Waals surface area contributed by atoms with E-state index in [0.717, 1.165) is 29.5 Å². The van der Waals surface area contributed by atoms with E-state index in [1.54, 1.807) is 0 Å². The van der Waals surface area contributed by atoms with Crippen LogP contribution >= 0.6 is 0 Å². The molecule has 0 bridgehead atoms. The number of hydrogen-bond acceptors (Lipinski definition) is 5. The molecule has 2 heterocycles. The normalized spacial score (nSPS) is 22.8. The molecular formula is C26H31N3O4. The van der Waals surface area contributed by atoms with E-state index in [1.807, 2.05) is 75.4 Å². The molecule has 0 aromatic heterocycles. The summed E-state index contributed by atoms with van der Waals surface area (Å²) < 4.78 is 0. The topological polar surface area (TPSA) is 79.0 Å². The fourth-order valence-corrected chi connectivity index (χ4v) is 4.63. The van der Waals surface area contributed by atoms with Crippen LogP contribution in [0.15, 0.2) is 54.6 Å². The van der Waals surface area contributed by atoms with Crippen LogP contribution in [0.3, 0.4) is 0 Å². The van der Waals surface area contributed by atoms with E-state index in [9.17, 15) is 14.4 Å². The highest BCUT2D eigenvalue weighted by molar-refractivity contribution is 6.07. The number of rotatable bonds is 8. The van der Waals surface area contributed by atoms with Crippen LogP contribution in [-0.2, 0) is 25.8 Å². The predicted molar refractivity (Wildman–Crippen MR) is 124 cm³/mol. The smallest absolute Gasteiger partial charge is 0.261 e. The maximum atomic E-state index is 13.5. The molecule has 3 amide bonds. The monoisotopic (exact) mass is 449 g/mol. The summed E-state index contributed by atoms with van der Waals surface area (Å²) in [6.07, 6.45) is 0.746. The molecule has 174 valence electrons. The van der Waals surface area contributed by atoms with E-state index in [2.05, 4.69) is 5.32 Å². The summed E-state index contributed by atoms with van der Waals surface area (Å²) in [6, 6.07) is 16.8. The molecule has 1 N–H and O–H groups in total. The number of benzene rings is 2. The average molecular weight is 450 g/mol. The van der Waals surface area contributed by atoms with E-state index in [-0.39, 0.29) is 36.9 Å². The van der Waals surface area contributed by atoms with Crippen LogP contribution in [0, 0.1) is 12.8 Å². The second kappa shape index (κ2) is 9.85. The van der Waals surface area contributed by atoms with E-state index in [1.165, 1.54) is 9.96 Å². The molecule has 2 aliphatic heterocycles. The van der Waals surface area contributed by atoms with Gasteiger partial charge in [-0.05, 0) is 30.9 Å². The minimum Gasteiger partial charge on any atom is -0.352 e. The highest BCUT2D eigenvalue weighted by atomic mass is 16.7. The van der Waals surface area contributed by atoms with E-state index >= 15 is 0 Å². The molecule has 2 aromatic rings. The summed E-state index contributed by atoms with van der Waals surface area (Å²) in [5.41, 5.74) is 2.82. The summed E-state index contributed by atoms with van der Waals surface area (Å²) >= 11 is 0. The van der Waals surface area contributed by atoms with Crippen LogP contribution in [0.2, 0.25) is 0 Å². The summed E-state index contributed by atoms with van der Waals surface area (Å²) in [6.45, 7) is 6.22. The summed E-state index contributed by atoms with van der Waals surface area (Å²) in [7, 11) is 0. The van der Waals surface area contributed by atoms with Crippen LogP contribution < -0.4 is 5.32 Å². The number of hydroxylamine groups is 2. The van der Waals surface area contributed by atoms with Crippen molar-refractivity contribution in [1.29, 1.82) is 0 Å². The van der Waals surface area contributed by atoms with Crippen LogP contribution in [0.4, 0.5) is 0 Å². The first kappa shape index (κ1) is 23.1. The summed E-state index contributed by atoms with van der Waals surface area (Å²) in [4.78, 5) is 46.7. The Kier molecular flexibility index (Phi) is 6.91. The molecule has 0 aliphatic carbocycles. The lowest BCUT2D eigenvalue weighted by Gasteiger charge is -2.27. The lowest BCUT2D eigenvalue weighted by atomic mass is 9.90. The number of carbonyl (C=O) groups is 3. The van der Waals surface area contributed by atoms with Gasteiger partial charge in [0.05, 0.1) is 18.5 Å². The molecule has 2 saturated heterocycles. The SMILES string of the molecule is CCC(CC)NC(=O)CN1OC2C(=O)N(Cc3ccccc3)C(=O)C2C1c1ccc(C)cc1. The van der Waals surface area contributed by atoms with Crippen molar-refractivity contribution in [3.8, 4) is 0 Å². The Bertz CT molecular complexity index is 1000. The third kappa shape index (κ3) is 4.70. The summed E-state index contributed by atoms with van der Waals surface area (Å²) in [5.74, 6) is -1.48. The van der Waals surface area contributed by atoms with Crippen molar-refractivity contribution < 1.29 is 19.2 Å². The van der Waals surface area contributed by atoms with Gasteiger partial charge in [-0.3, -0.25) is 24.1 Å². The maximum absolute atomic E-state index is 13.5. The number of likely N-dealkylation sites (tertiary alicyclic amines) is 1. The molecule has 4 rings (SSSR count). The fraction of sp³-hybridized carbons (Fsp3) is 0.423. The molecule has 0 radical (unpaired) electrons. The largest absolute Gasteiger partial charge is 0.352 e. The van der Waals surface area contributed by atoms with Gasteiger partial charge in [-0.15, -0.1) is 0 Å². The lowest BCUT2D eigenvalue weighted by Crippen LogP contribution is -2.43. The molecule has 0 saturated carbocycles. The lowest BCUT2D eigenvalue weighted by molar-refractivity contribution is -0.183. The maximum Gasteiger partial charge on any atom is 0.261 e. The standard InChI is InChI=1S/C26H31N3O4/c1-4-20(5-2)27-21(30)16-29-23(19-13-11-17(3)12-14-19)22-24(33-29)26(32)28(25(22)31)15-18-9-7-6-8-10-18/h6-14,20,22-24H,4-5,15-16H2,1-3H3,(H,27,30). The minimum atomic E-state index is -0.923. The average Bonchev–Trinajstić information content (AvgIpc) is 3.29. The summed E-state index contributed by atoms with van der Waals surface area (Å²) in [5, 5.41) is 4.53. The zero-order chi connectivity index (χ0) is 23.5. The number of nitrogens with one attached hydrogen (secondary N) is 1. The minimum absolute atomic E-state index is 0.0404. The Morgan fingerprint density at radius 1 is 1.00 bits per heavy atom. The molecule has 0 spiro atoms. The van der Waals surface area contributed by atoms with Crippen molar-refractivity contribution in [3.63, 3.8) is 0 Å². The molecule has 3 unspecified atom stereocenters. The second-order valence-electron chi connectivity index (χ2n) is 8.81. The van der Waals surface area contributed by atoms with Crippen LogP contribution in [0.1, 0.15) is 49.4 Å². The number of fused-ring (bicyclic) bond motifs is 1. The van der Waals surface area contributed by atoms with Crippen molar-refractivity contribution >= 4 is 17.7 Å². The van der Waals surface area contributed by atoms with Gasteiger partial charge >= 0.3 is 0 Å². The number of aryl methyl sites for hydroxylation is 1. The first-order chi connectivity index (χ1) is 15.9. The molecule has 2 aliphatic rings. The molecular weight excluding hydrogens is 418 g/mol. The van der Waals surface area contributed by atoms with Gasteiger partial charge in [-0.1, -0.05) is 74.0 Å². The molecule has 2 aromatic carbocycles. The number of nitrogens with zero attached hydrogens (tertiary/aromatic N) is 2. The van der Waals surface area contributed by atoms with Crippen molar-refractivity contribution in [3.05, 3.63) is 71.3 Å². The quantitative estimate of drug-likeness (QED) is 0.627. The van der Waals surface area contributed by atoms with Gasteiger partial charge in [0, 0.05) is 6.04 Å². The van der Waals surface area contributed by atoms with Crippen LogP contribution in [-0.4, -0.2) is 46.4 Å². The highest BCUT2D eigenvalue weighted by Gasteiger charge is 2.59. The first-order valence-electron chi connectivity index (χ1n) is 11.6. The number of carbonyl (C=O) groups excluding carboxylic acids is 3. The van der Waals surface area contributed by atoms with Gasteiger partial charge in [-0.2, -0.15) is 5.06 Å². The van der Waals surface area contributed by atoms with Gasteiger partial charge in [0.2, 0.25) is 11.8 Å². The van der Waals surface area contributed by atoms with Gasteiger partial charge in [0.15, 0.2) is 6.10 Å². The second-order valence-corrected chi connectivity index (χ2v) is 8.81. The zero-order valence-electron chi connectivity index (χ0n) is 19.4. The van der Waals surface area contributed by atoms with Crippen molar-refractivity contribution in [2.45, 2.75) is 58.3 Å². The van der Waals surface area contributed by atoms with Crippen molar-refractivity contribution in [2.24, 2.45) is 5.92 Å². The first-order valence-corrected chi connectivity index (χ1v) is 11.6. The Hall–Kier alpha value is -3.03. The Labute approximate surface area is 194 Å². The number of hydrogen-bond donors (Lipinski definition) is 1. The zero-order valence-corrected chi connectivity index (χ0v) is 19.4. The Morgan fingerprint density at radius 2 is 1.67 bits per heavy atom. The number of amides is 3. The predicted octanol–water partition coefficient (Wildman–Crippen LogP) is 3.14. The van der Waals surface area contributed by atoms with Gasteiger partial charge in [-0.25, -0.2) is 0 Å². The van der Waals surface area contributed by atoms with E-state index in [4.69, 9.17) is 4.84 Å². The third-order valence-electron chi connectivity index (χ3n) is 6.54. The molecule has 33 heavy (non-hydrogen) atoms. The highest BCUT2D eigenvalue weighted by Crippen LogP contribution is 2.44. The van der Waals surface area contributed by atoms with E-state index in [0.29, 0.717) is 0 Å². The van der Waals surface area contributed by atoms with Crippen molar-refractivity contribution in [1.82, 2.24) is 15.3 Å².